The predicted molar refractivity (Wildman–Crippen MR) is 161 cm³/mol. The normalized spacial score (nSPS) is 12.5. The zero-order valence-corrected chi connectivity index (χ0v) is 26.0. The Kier molecular flexibility index (Phi) is 7.50. The number of aromatic nitrogens is 2. The van der Waals surface area contributed by atoms with Crippen molar-refractivity contribution in [3.05, 3.63) is 75.6 Å². The molecule has 0 saturated carbocycles. The van der Waals surface area contributed by atoms with Gasteiger partial charge in [0, 0.05) is 32.5 Å². The van der Waals surface area contributed by atoms with Gasteiger partial charge in [-0.15, -0.1) is 0 Å². The molecule has 2 aromatic carbocycles. The number of amides is 1. The Balaban J connectivity index is 1.98. The largest absolute Gasteiger partial charge is 0.443 e. The zero-order valence-electron chi connectivity index (χ0n) is 23.0. The smallest absolute Gasteiger partial charge is 0.418 e. The lowest BCUT2D eigenvalue weighted by atomic mass is 9.98. The minimum atomic E-state index is -3.97. The molecule has 0 atom stereocenters. The topological polar surface area (TPSA) is 99.4 Å². The van der Waals surface area contributed by atoms with E-state index in [1.807, 2.05) is 27.7 Å². The van der Waals surface area contributed by atoms with E-state index in [1.54, 1.807) is 75.5 Å². The maximum absolute atomic E-state index is 13.8. The quantitative estimate of drug-likeness (QED) is 0.250. The fourth-order valence-electron chi connectivity index (χ4n) is 4.20. The van der Waals surface area contributed by atoms with Gasteiger partial charge in [-0.05, 0) is 107 Å². The number of carbonyl (C=O) groups excluding carboxylic acids is 2. The van der Waals surface area contributed by atoms with E-state index >= 15 is 0 Å². The van der Waals surface area contributed by atoms with Crippen molar-refractivity contribution in [1.82, 2.24) is 13.9 Å². The van der Waals surface area contributed by atoms with Crippen LogP contribution in [0, 0.1) is 10.5 Å². The van der Waals surface area contributed by atoms with Gasteiger partial charge in [0.1, 0.15) is 5.60 Å². The van der Waals surface area contributed by atoms with E-state index in [0.717, 1.165) is 5.56 Å². The summed E-state index contributed by atoms with van der Waals surface area (Å²) in [6.07, 6.45) is 2.48. The maximum atomic E-state index is 13.8. The number of nitrogens with zero attached hydrogens (tertiary/aromatic N) is 2. The van der Waals surface area contributed by atoms with Gasteiger partial charge < -0.3 is 10.1 Å². The van der Waals surface area contributed by atoms with Crippen molar-refractivity contribution >= 4 is 55.5 Å². The van der Waals surface area contributed by atoms with Crippen molar-refractivity contribution in [3.63, 3.8) is 0 Å². The SMILES string of the molecule is Cc1ccc(S(=O)(=O)n2ccc(I)c2-c2ccc3c(ccn3C(=O)OC(C)(C)C)c2C(=O)NC(C)(C)C)cc1. The molecule has 0 aliphatic heterocycles. The standard InChI is InChI=1S/C29H32IN3O5S/c1-18-8-10-19(11-9-18)39(36,37)33-17-15-22(30)25(33)21-12-13-23-20(24(21)26(34)31-28(2,3)4)14-16-32(23)27(35)38-29(5,6)7/h8-17H,1-7H3,(H,31,34). The summed E-state index contributed by atoms with van der Waals surface area (Å²) in [6, 6.07) is 13.4. The van der Waals surface area contributed by atoms with Gasteiger partial charge in [0.2, 0.25) is 0 Å². The molecule has 0 radical (unpaired) electrons. The van der Waals surface area contributed by atoms with Crippen molar-refractivity contribution < 1.29 is 22.7 Å². The number of hydrogen-bond acceptors (Lipinski definition) is 5. The lowest BCUT2D eigenvalue weighted by Crippen LogP contribution is -2.41. The third kappa shape index (κ3) is 5.91. The van der Waals surface area contributed by atoms with Gasteiger partial charge >= 0.3 is 6.09 Å². The van der Waals surface area contributed by atoms with Crippen LogP contribution in [0.4, 0.5) is 4.79 Å². The van der Waals surface area contributed by atoms with E-state index < -0.39 is 27.3 Å². The molecule has 8 nitrogen and oxygen atoms in total. The third-order valence-corrected chi connectivity index (χ3v) is 8.37. The summed E-state index contributed by atoms with van der Waals surface area (Å²) in [4.78, 5) is 26.9. The molecule has 0 saturated heterocycles. The molecule has 2 aromatic heterocycles. The number of halogens is 1. The van der Waals surface area contributed by atoms with Gasteiger partial charge in [-0.3, -0.25) is 9.36 Å². The van der Waals surface area contributed by atoms with Gasteiger partial charge in [0.05, 0.1) is 21.7 Å². The first-order valence-corrected chi connectivity index (χ1v) is 14.9. The first kappa shape index (κ1) is 28.9. The lowest BCUT2D eigenvalue weighted by Gasteiger charge is -2.23. The van der Waals surface area contributed by atoms with Crippen molar-refractivity contribution in [3.8, 4) is 11.3 Å². The number of ether oxygens (including phenoxy) is 1. The van der Waals surface area contributed by atoms with Crippen LogP contribution < -0.4 is 5.32 Å². The Morgan fingerprint density at radius 2 is 1.54 bits per heavy atom. The van der Waals surface area contributed by atoms with Crippen LogP contribution in [-0.2, 0) is 14.8 Å². The molecule has 4 aromatic rings. The van der Waals surface area contributed by atoms with Crippen LogP contribution in [0.1, 0.15) is 57.5 Å². The molecule has 10 heteroatoms. The molecular formula is C29H32IN3O5S. The lowest BCUT2D eigenvalue weighted by molar-refractivity contribution is 0.0544. The van der Waals surface area contributed by atoms with Crippen LogP contribution in [-0.4, -0.2) is 40.1 Å². The summed E-state index contributed by atoms with van der Waals surface area (Å²) < 4.78 is 36.3. The molecule has 0 bridgehead atoms. The predicted octanol–water partition coefficient (Wildman–Crippen LogP) is 6.57. The number of benzene rings is 2. The average Bonchev–Trinajstić information content (AvgIpc) is 3.40. The van der Waals surface area contributed by atoms with E-state index in [9.17, 15) is 18.0 Å². The van der Waals surface area contributed by atoms with Crippen LogP contribution in [0.3, 0.4) is 0 Å². The summed E-state index contributed by atoms with van der Waals surface area (Å²) in [5.41, 5.74) is 1.20. The van der Waals surface area contributed by atoms with E-state index in [4.69, 9.17) is 4.74 Å². The maximum Gasteiger partial charge on any atom is 0.418 e. The van der Waals surface area contributed by atoms with Crippen LogP contribution in [0.25, 0.3) is 22.2 Å². The van der Waals surface area contributed by atoms with Crippen molar-refractivity contribution in [2.75, 3.05) is 0 Å². The Labute approximate surface area is 242 Å². The first-order chi connectivity index (χ1) is 18.0. The Morgan fingerprint density at radius 1 is 0.897 bits per heavy atom. The summed E-state index contributed by atoms with van der Waals surface area (Å²) in [5.74, 6) is -0.388. The highest BCUT2D eigenvalue weighted by molar-refractivity contribution is 14.1. The molecule has 0 fully saturated rings. The molecule has 0 aliphatic carbocycles. The number of carbonyl (C=O) groups is 2. The van der Waals surface area contributed by atoms with Crippen molar-refractivity contribution in [2.45, 2.75) is 64.5 Å². The second kappa shape index (κ2) is 10.1. The number of rotatable bonds is 4. The molecule has 1 N–H and O–H groups in total. The molecule has 4 rings (SSSR count). The molecule has 206 valence electrons. The molecule has 1 amide bonds. The fourth-order valence-corrected chi connectivity index (χ4v) is 6.44. The second-order valence-corrected chi connectivity index (χ2v) is 14.4. The minimum Gasteiger partial charge on any atom is -0.443 e. The van der Waals surface area contributed by atoms with E-state index in [1.165, 1.54) is 14.7 Å². The minimum absolute atomic E-state index is 0.138. The summed E-state index contributed by atoms with van der Waals surface area (Å²) in [7, 11) is -3.97. The van der Waals surface area contributed by atoms with Gasteiger partial charge in [0.15, 0.2) is 0 Å². The van der Waals surface area contributed by atoms with E-state index in [2.05, 4.69) is 27.9 Å². The number of fused-ring (bicyclic) bond motifs is 1. The highest BCUT2D eigenvalue weighted by Crippen LogP contribution is 2.36. The summed E-state index contributed by atoms with van der Waals surface area (Å²) in [6.45, 7) is 12.8. The number of nitrogens with one attached hydrogen (secondary N) is 1. The molecular weight excluding hydrogens is 629 g/mol. The van der Waals surface area contributed by atoms with Crippen molar-refractivity contribution in [1.29, 1.82) is 0 Å². The Bertz CT molecular complexity index is 1690. The first-order valence-electron chi connectivity index (χ1n) is 12.4. The second-order valence-electron chi connectivity index (χ2n) is 11.4. The van der Waals surface area contributed by atoms with Gasteiger partial charge in [-0.2, -0.15) is 0 Å². The molecule has 2 heterocycles. The summed E-state index contributed by atoms with van der Waals surface area (Å²) in [5, 5.41) is 3.49. The van der Waals surface area contributed by atoms with E-state index in [-0.39, 0.29) is 16.4 Å². The highest BCUT2D eigenvalue weighted by atomic mass is 127. The van der Waals surface area contributed by atoms with Gasteiger partial charge in [0.25, 0.3) is 15.9 Å². The van der Waals surface area contributed by atoms with Crippen molar-refractivity contribution in [2.24, 2.45) is 0 Å². The fraction of sp³-hybridized carbons (Fsp3) is 0.310. The monoisotopic (exact) mass is 661 g/mol. The molecule has 0 spiro atoms. The number of aryl methyl sites for hydroxylation is 1. The van der Waals surface area contributed by atoms with Crippen LogP contribution in [0.5, 0.6) is 0 Å². The van der Waals surface area contributed by atoms with Gasteiger partial charge in [-0.1, -0.05) is 17.7 Å². The molecule has 39 heavy (non-hydrogen) atoms. The Morgan fingerprint density at radius 3 is 2.13 bits per heavy atom. The molecule has 0 aliphatic rings. The molecule has 0 unspecified atom stereocenters. The Hall–Kier alpha value is -3.12. The van der Waals surface area contributed by atoms with E-state index in [0.29, 0.717) is 25.7 Å². The third-order valence-electron chi connectivity index (χ3n) is 5.81. The number of hydrogen-bond donors (Lipinski definition) is 1. The van der Waals surface area contributed by atoms with Crippen LogP contribution in [0.2, 0.25) is 0 Å². The van der Waals surface area contributed by atoms with Crippen LogP contribution in [0.15, 0.2) is 65.8 Å². The van der Waals surface area contributed by atoms with Gasteiger partial charge in [-0.25, -0.2) is 17.2 Å². The van der Waals surface area contributed by atoms with Crippen LogP contribution >= 0.6 is 22.6 Å². The highest BCUT2D eigenvalue weighted by Gasteiger charge is 2.29. The zero-order chi connectivity index (χ0) is 28.9. The average molecular weight is 662 g/mol. The summed E-state index contributed by atoms with van der Waals surface area (Å²) >= 11 is 2.08.